The van der Waals surface area contributed by atoms with Crippen LogP contribution in [0.1, 0.15) is 32.1 Å². The lowest BCUT2D eigenvalue weighted by atomic mass is 9.84. The molecule has 3 saturated heterocycles. The summed E-state index contributed by atoms with van der Waals surface area (Å²) in [7, 11) is 5.87. The molecule has 0 saturated carbocycles. The van der Waals surface area contributed by atoms with Crippen LogP contribution < -0.4 is 5.32 Å². The number of methoxy groups -OCH3 is 1. The van der Waals surface area contributed by atoms with Crippen molar-refractivity contribution in [3.8, 4) is 0 Å². The average molecular weight is 382 g/mol. The first-order valence-corrected chi connectivity index (χ1v) is 10.7. The highest BCUT2D eigenvalue weighted by atomic mass is 16.5. The first kappa shape index (κ1) is 20.8. The summed E-state index contributed by atoms with van der Waals surface area (Å²) in [5.74, 6) is 1.01. The number of likely N-dealkylation sites (tertiary alicyclic amines) is 2. The van der Waals surface area contributed by atoms with Crippen molar-refractivity contribution in [1.29, 1.82) is 0 Å². The number of morpholine rings is 1. The Morgan fingerprint density at radius 1 is 1.15 bits per heavy atom. The minimum absolute atomic E-state index is 0.127. The Bertz CT molecular complexity index is 471. The van der Waals surface area contributed by atoms with Gasteiger partial charge in [-0.3, -0.25) is 9.89 Å². The zero-order valence-corrected chi connectivity index (χ0v) is 17.6. The van der Waals surface area contributed by atoms with E-state index in [1.54, 1.807) is 7.11 Å². The fourth-order valence-corrected chi connectivity index (χ4v) is 4.78. The second kappa shape index (κ2) is 10.0. The van der Waals surface area contributed by atoms with Crippen molar-refractivity contribution in [2.24, 2.45) is 4.99 Å². The van der Waals surface area contributed by atoms with Crippen molar-refractivity contribution in [3.05, 3.63) is 0 Å². The molecule has 7 nitrogen and oxygen atoms in total. The first-order chi connectivity index (χ1) is 13.2. The number of nitrogens with one attached hydrogen (secondary N) is 1. The lowest BCUT2D eigenvalue weighted by molar-refractivity contribution is -0.0451. The van der Waals surface area contributed by atoms with Gasteiger partial charge in [0.15, 0.2) is 5.96 Å². The van der Waals surface area contributed by atoms with Crippen LogP contribution in [-0.2, 0) is 9.47 Å². The molecule has 3 heterocycles. The maximum absolute atomic E-state index is 5.80. The van der Waals surface area contributed by atoms with E-state index in [-0.39, 0.29) is 11.6 Å². The van der Waals surface area contributed by atoms with Gasteiger partial charge in [-0.15, -0.1) is 0 Å². The van der Waals surface area contributed by atoms with Crippen LogP contribution in [-0.4, -0.2) is 113 Å². The smallest absolute Gasteiger partial charge is 0.193 e. The molecule has 0 aliphatic carbocycles. The topological polar surface area (TPSA) is 52.6 Å². The molecule has 0 bridgehead atoms. The standard InChI is InChI=1S/C20H39N5O2/c1-21-19(24-13-14-27-18(15-24)16-26-3)22-17-20(7-11-23(2)12-8-20)25-9-5-4-6-10-25/h18H,4-17H2,1-3H3,(H,21,22). The van der Waals surface area contributed by atoms with Crippen molar-refractivity contribution in [1.82, 2.24) is 20.0 Å². The van der Waals surface area contributed by atoms with Crippen molar-refractivity contribution in [2.75, 3.05) is 80.2 Å². The summed E-state index contributed by atoms with van der Waals surface area (Å²) in [6, 6.07) is 0. The summed E-state index contributed by atoms with van der Waals surface area (Å²) in [5, 5.41) is 3.74. The molecular formula is C20H39N5O2. The molecule has 0 spiro atoms. The van der Waals surface area contributed by atoms with Gasteiger partial charge in [0.05, 0.1) is 19.3 Å². The average Bonchev–Trinajstić information content (AvgIpc) is 2.71. The molecule has 0 aromatic carbocycles. The molecule has 0 aromatic heterocycles. The molecule has 156 valence electrons. The molecule has 0 radical (unpaired) electrons. The number of rotatable bonds is 5. The third-order valence-electron chi connectivity index (χ3n) is 6.52. The number of guanidine groups is 1. The fourth-order valence-electron chi connectivity index (χ4n) is 4.78. The van der Waals surface area contributed by atoms with Crippen molar-refractivity contribution >= 4 is 5.96 Å². The Morgan fingerprint density at radius 2 is 1.89 bits per heavy atom. The molecule has 1 atom stereocenters. The van der Waals surface area contributed by atoms with E-state index in [0.717, 1.165) is 32.2 Å². The SMILES string of the molecule is CN=C(NCC1(N2CCCCC2)CCN(C)CC1)N1CCOC(COC)C1. The predicted molar refractivity (Wildman–Crippen MR) is 109 cm³/mol. The van der Waals surface area contributed by atoms with Crippen LogP contribution in [0, 0.1) is 0 Å². The summed E-state index contributed by atoms with van der Waals surface area (Å²) < 4.78 is 11.1. The Balaban J connectivity index is 1.62. The fraction of sp³-hybridized carbons (Fsp3) is 0.950. The molecule has 1 N–H and O–H groups in total. The molecule has 7 heteroatoms. The highest BCUT2D eigenvalue weighted by Gasteiger charge is 2.40. The monoisotopic (exact) mass is 381 g/mol. The summed E-state index contributed by atoms with van der Waals surface area (Å²) in [4.78, 5) is 12.2. The van der Waals surface area contributed by atoms with E-state index in [9.17, 15) is 0 Å². The van der Waals surface area contributed by atoms with Gasteiger partial charge in [-0.25, -0.2) is 0 Å². The van der Waals surface area contributed by atoms with Crippen molar-refractivity contribution in [2.45, 2.75) is 43.7 Å². The summed E-state index contributed by atoms with van der Waals surface area (Å²) in [5.41, 5.74) is 0.265. The number of nitrogens with zero attached hydrogens (tertiary/aromatic N) is 4. The lowest BCUT2D eigenvalue weighted by Gasteiger charge is -2.50. The van der Waals surface area contributed by atoms with Gasteiger partial charge in [-0.2, -0.15) is 0 Å². The minimum atomic E-state index is 0.127. The summed E-state index contributed by atoms with van der Waals surface area (Å²) in [6.07, 6.45) is 6.67. The summed E-state index contributed by atoms with van der Waals surface area (Å²) >= 11 is 0. The van der Waals surface area contributed by atoms with E-state index in [4.69, 9.17) is 9.47 Å². The number of aliphatic imine (C=N–C) groups is 1. The van der Waals surface area contributed by atoms with Crippen molar-refractivity contribution < 1.29 is 9.47 Å². The number of ether oxygens (including phenoxy) is 2. The third kappa shape index (κ3) is 5.34. The molecule has 0 aromatic rings. The van der Waals surface area contributed by atoms with E-state index in [1.807, 2.05) is 7.05 Å². The maximum Gasteiger partial charge on any atom is 0.193 e. The van der Waals surface area contributed by atoms with Gasteiger partial charge in [0, 0.05) is 39.3 Å². The zero-order valence-electron chi connectivity index (χ0n) is 17.6. The van der Waals surface area contributed by atoms with Gasteiger partial charge in [-0.05, 0) is 58.9 Å². The van der Waals surface area contributed by atoms with Gasteiger partial charge in [0.1, 0.15) is 0 Å². The Labute approximate surface area is 165 Å². The molecule has 3 rings (SSSR count). The van der Waals surface area contributed by atoms with E-state index in [0.29, 0.717) is 6.61 Å². The number of hydrogen-bond donors (Lipinski definition) is 1. The quantitative estimate of drug-likeness (QED) is 0.563. The van der Waals surface area contributed by atoms with Gasteiger partial charge >= 0.3 is 0 Å². The van der Waals surface area contributed by atoms with Gasteiger partial charge in [0.25, 0.3) is 0 Å². The van der Waals surface area contributed by atoms with Crippen LogP contribution in [0.15, 0.2) is 4.99 Å². The van der Waals surface area contributed by atoms with E-state index in [1.165, 1.54) is 58.3 Å². The highest BCUT2D eigenvalue weighted by molar-refractivity contribution is 5.80. The molecular weight excluding hydrogens is 342 g/mol. The Kier molecular flexibility index (Phi) is 7.75. The van der Waals surface area contributed by atoms with Gasteiger partial charge in [0.2, 0.25) is 0 Å². The summed E-state index contributed by atoms with van der Waals surface area (Å²) in [6.45, 7) is 8.95. The minimum Gasteiger partial charge on any atom is -0.382 e. The Morgan fingerprint density at radius 3 is 2.56 bits per heavy atom. The number of hydrogen-bond acceptors (Lipinski definition) is 5. The molecule has 3 aliphatic rings. The number of piperidine rings is 2. The largest absolute Gasteiger partial charge is 0.382 e. The molecule has 0 amide bonds. The second-order valence-electron chi connectivity index (χ2n) is 8.37. The third-order valence-corrected chi connectivity index (χ3v) is 6.52. The van der Waals surface area contributed by atoms with Crippen LogP contribution in [0.3, 0.4) is 0 Å². The van der Waals surface area contributed by atoms with Crippen LogP contribution in [0.5, 0.6) is 0 Å². The molecule has 3 aliphatic heterocycles. The van der Waals surface area contributed by atoms with E-state index < -0.39 is 0 Å². The molecule has 27 heavy (non-hydrogen) atoms. The zero-order chi connectivity index (χ0) is 19.1. The van der Waals surface area contributed by atoms with Crippen LogP contribution >= 0.6 is 0 Å². The van der Waals surface area contributed by atoms with Crippen LogP contribution in [0.2, 0.25) is 0 Å². The van der Waals surface area contributed by atoms with Crippen LogP contribution in [0.25, 0.3) is 0 Å². The van der Waals surface area contributed by atoms with Crippen LogP contribution in [0.4, 0.5) is 0 Å². The maximum atomic E-state index is 5.80. The van der Waals surface area contributed by atoms with Gasteiger partial charge in [-0.1, -0.05) is 6.42 Å². The molecule has 3 fully saturated rings. The normalized spacial score (nSPS) is 28.3. The highest BCUT2D eigenvalue weighted by Crippen LogP contribution is 2.31. The van der Waals surface area contributed by atoms with E-state index in [2.05, 4.69) is 32.1 Å². The predicted octanol–water partition coefficient (Wildman–Crippen LogP) is 0.859. The molecule has 1 unspecified atom stereocenters. The Hall–Kier alpha value is -0.890. The second-order valence-corrected chi connectivity index (χ2v) is 8.37. The first-order valence-electron chi connectivity index (χ1n) is 10.7. The van der Waals surface area contributed by atoms with E-state index >= 15 is 0 Å². The van der Waals surface area contributed by atoms with Crippen molar-refractivity contribution in [3.63, 3.8) is 0 Å². The van der Waals surface area contributed by atoms with Gasteiger partial charge < -0.3 is 24.6 Å². The lowest BCUT2D eigenvalue weighted by Crippen LogP contribution is -2.63.